The Balaban J connectivity index is 0.000000172. The molecule has 1 unspecified atom stereocenters. The molecule has 5 N–H and O–H groups in total. The summed E-state index contributed by atoms with van der Waals surface area (Å²) < 4.78 is 0. The van der Waals surface area contributed by atoms with Crippen LogP contribution in [0, 0.1) is 11.8 Å². The van der Waals surface area contributed by atoms with Crippen molar-refractivity contribution >= 4 is 23.3 Å². The van der Waals surface area contributed by atoms with Crippen LogP contribution in [0.25, 0.3) is 0 Å². The van der Waals surface area contributed by atoms with Crippen LogP contribution in [0.2, 0.25) is 0 Å². The van der Waals surface area contributed by atoms with Crippen molar-refractivity contribution in [3.8, 4) is 0 Å². The molecule has 8 heteroatoms. The predicted octanol–water partition coefficient (Wildman–Crippen LogP) is 2.18. The van der Waals surface area contributed by atoms with E-state index >= 15 is 0 Å². The number of nitrogens with zero attached hydrogens (tertiary/aromatic N) is 3. The van der Waals surface area contributed by atoms with Gasteiger partial charge in [-0.25, -0.2) is 4.98 Å². The van der Waals surface area contributed by atoms with Gasteiger partial charge in [0, 0.05) is 56.9 Å². The first-order chi connectivity index (χ1) is 16.3. The van der Waals surface area contributed by atoms with Gasteiger partial charge in [-0.2, -0.15) is 0 Å². The summed E-state index contributed by atoms with van der Waals surface area (Å²) in [7, 11) is 0. The van der Waals surface area contributed by atoms with Gasteiger partial charge in [-0.3, -0.25) is 14.5 Å². The fraction of sp³-hybridized carbons (Fsp3) is 0.500. The lowest BCUT2D eigenvalue weighted by atomic mass is 9.83. The monoisotopic (exact) mass is 464 g/mol. The molecule has 182 valence electrons. The van der Waals surface area contributed by atoms with Gasteiger partial charge in [-0.05, 0) is 67.0 Å². The first-order valence-electron chi connectivity index (χ1n) is 12.2. The number of hydrogen-bond acceptors (Lipinski definition) is 6. The van der Waals surface area contributed by atoms with Crippen LogP contribution >= 0.6 is 0 Å². The van der Waals surface area contributed by atoms with Gasteiger partial charge in [0.25, 0.3) is 0 Å². The number of carbonyl (C=O) groups is 2. The Morgan fingerprint density at radius 1 is 1.15 bits per heavy atom. The summed E-state index contributed by atoms with van der Waals surface area (Å²) in [6.07, 6.45) is 3.34. The second-order valence-corrected chi connectivity index (χ2v) is 9.69. The Labute approximate surface area is 201 Å². The van der Waals surface area contributed by atoms with E-state index in [1.165, 1.54) is 12.8 Å². The third-order valence-corrected chi connectivity index (χ3v) is 6.91. The molecular weight excluding hydrogens is 428 g/mol. The minimum atomic E-state index is -0.417. The molecule has 0 bridgehead atoms. The van der Waals surface area contributed by atoms with Crippen molar-refractivity contribution in [1.29, 1.82) is 0 Å². The number of amides is 2. The molecule has 0 radical (unpaired) electrons. The van der Waals surface area contributed by atoms with Crippen molar-refractivity contribution in [3.63, 3.8) is 0 Å². The quantitative estimate of drug-likeness (QED) is 0.638. The van der Waals surface area contributed by atoms with Crippen LogP contribution in [0.1, 0.15) is 48.3 Å². The fourth-order valence-corrected chi connectivity index (χ4v) is 5.20. The molecule has 3 heterocycles. The summed E-state index contributed by atoms with van der Waals surface area (Å²) in [5.41, 5.74) is 14.6. The fourth-order valence-electron chi connectivity index (χ4n) is 5.20. The number of piperazine rings is 1. The molecule has 2 aliphatic heterocycles. The van der Waals surface area contributed by atoms with Crippen LogP contribution in [0.3, 0.4) is 0 Å². The lowest BCUT2D eigenvalue weighted by molar-refractivity contribution is -0.117. The summed E-state index contributed by atoms with van der Waals surface area (Å²) in [4.78, 5) is 32.0. The van der Waals surface area contributed by atoms with E-state index in [0.717, 1.165) is 56.1 Å². The van der Waals surface area contributed by atoms with E-state index < -0.39 is 5.91 Å². The standard InChI is InChI=1S/C16H20N2O2.C10H16N4/c1-9-7-13-8-12(16(17)20)5-6-14(13)18(10(2)19)15(9)11-3-4-11;11-10-3-1-2-9(13-10)8-14-6-4-12-5-7-14/h5-6,8-9,11,15H,3-4,7H2,1-2H3,(H2,17,20);1-3,12H,4-8H2,(H2,11,13)/t9?,15-;/m1./s1. The topological polar surface area (TPSA) is 118 Å². The van der Waals surface area contributed by atoms with Crippen LogP contribution in [-0.2, 0) is 17.8 Å². The number of nitrogen functional groups attached to an aromatic ring is 1. The number of carbonyl (C=O) groups excluding carboxylic acids is 2. The molecule has 5 rings (SSSR count). The second kappa shape index (κ2) is 10.5. The highest BCUT2D eigenvalue weighted by Crippen LogP contribution is 2.45. The third-order valence-electron chi connectivity index (χ3n) is 6.91. The number of aromatic nitrogens is 1. The number of nitrogens with one attached hydrogen (secondary N) is 1. The van der Waals surface area contributed by atoms with Gasteiger partial charge in [0.15, 0.2) is 0 Å². The molecular formula is C26H36N6O2. The summed E-state index contributed by atoms with van der Waals surface area (Å²) >= 11 is 0. The van der Waals surface area contributed by atoms with Gasteiger partial charge < -0.3 is 21.7 Å². The van der Waals surface area contributed by atoms with Crippen LogP contribution < -0.4 is 21.7 Å². The number of hydrogen-bond donors (Lipinski definition) is 3. The average molecular weight is 465 g/mol. The molecule has 8 nitrogen and oxygen atoms in total. The van der Waals surface area contributed by atoms with Crippen LogP contribution in [0.4, 0.5) is 11.5 Å². The van der Waals surface area contributed by atoms with E-state index in [1.807, 2.05) is 35.2 Å². The zero-order valence-electron chi connectivity index (χ0n) is 20.2. The highest BCUT2D eigenvalue weighted by Gasteiger charge is 2.43. The number of pyridine rings is 1. The number of anilines is 2. The molecule has 3 aliphatic rings. The van der Waals surface area contributed by atoms with Crippen molar-refractivity contribution < 1.29 is 9.59 Å². The minimum Gasteiger partial charge on any atom is -0.384 e. The lowest BCUT2D eigenvalue weighted by Gasteiger charge is -2.41. The summed E-state index contributed by atoms with van der Waals surface area (Å²) in [5, 5.41) is 3.33. The van der Waals surface area contributed by atoms with Gasteiger partial charge in [-0.1, -0.05) is 13.0 Å². The predicted molar refractivity (Wildman–Crippen MR) is 134 cm³/mol. The number of benzene rings is 1. The molecule has 1 aromatic heterocycles. The van der Waals surface area contributed by atoms with Crippen LogP contribution in [-0.4, -0.2) is 53.9 Å². The first-order valence-corrected chi connectivity index (χ1v) is 12.2. The third kappa shape index (κ3) is 5.74. The van der Waals surface area contributed by atoms with Crippen molar-refractivity contribution in [2.45, 2.75) is 45.7 Å². The second-order valence-electron chi connectivity index (χ2n) is 9.69. The number of primary amides is 1. The first kappa shape index (κ1) is 24.2. The molecule has 1 aromatic carbocycles. The maximum atomic E-state index is 12.1. The van der Waals surface area contributed by atoms with Crippen molar-refractivity contribution in [2.75, 3.05) is 36.8 Å². The number of nitrogens with two attached hydrogens (primary N) is 2. The average Bonchev–Trinajstić information content (AvgIpc) is 3.64. The molecule has 2 atom stereocenters. The molecule has 0 spiro atoms. The van der Waals surface area contributed by atoms with E-state index in [9.17, 15) is 9.59 Å². The van der Waals surface area contributed by atoms with Crippen molar-refractivity contribution in [3.05, 3.63) is 53.2 Å². The molecule has 2 aromatic rings. The Hall–Kier alpha value is -2.97. The van der Waals surface area contributed by atoms with Gasteiger partial charge in [0.05, 0.1) is 5.69 Å². The highest BCUT2D eigenvalue weighted by atomic mass is 16.2. The molecule has 2 amide bonds. The molecule has 1 saturated carbocycles. The normalized spacial score (nSPS) is 22.4. The summed E-state index contributed by atoms with van der Waals surface area (Å²) in [6, 6.07) is 11.5. The van der Waals surface area contributed by atoms with Crippen LogP contribution in [0.15, 0.2) is 36.4 Å². The van der Waals surface area contributed by atoms with E-state index in [4.69, 9.17) is 11.5 Å². The number of fused-ring (bicyclic) bond motifs is 1. The molecule has 34 heavy (non-hydrogen) atoms. The Bertz CT molecular complexity index is 1030. The van der Waals surface area contributed by atoms with Gasteiger partial charge in [0.2, 0.25) is 11.8 Å². The highest BCUT2D eigenvalue weighted by molar-refractivity contribution is 5.97. The molecule has 2 fully saturated rings. The van der Waals surface area contributed by atoms with Crippen molar-refractivity contribution in [1.82, 2.24) is 15.2 Å². The zero-order valence-corrected chi connectivity index (χ0v) is 20.2. The summed E-state index contributed by atoms with van der Waals surface area (Å²) in [5.74, 6) is 1.33. The maximum Gasteiger partial charge on any atom is 0.248 e. The maximum absolute atomic E-state index is 12.1. The van der Waals surface area contributed by atoms with E-state index in [2.05, 4.69) is 22.1 Å². The van der Waals surface area contributed by atoms with Crippen LogP contribution in [0.5, 0.6) is 0 Å². The zero-order chi connectivity index (χ0) is 24.2. The Morgan fingerprint density at radius 3 is 2.50 bits per heavy atom. The SMILES string of the molecule is CC(=O)N1c2ccc(C(N)=O)cc2CC(C)[C@@H]1C1CC1.Nc1cccc(CN2CCNCC2)n1. The smallest absolute Gasteiger partial charge is 0.248 e. The Morgan fingerprint density at radius 2 is 1.88 bits per heavy atom. The van der Waals surface area contributed by atoms with Gasteiger partial charge >= 0.3 is 0 Å². The largest absolute Gasteiger partial charge is 0.384 e. The molecule has 1 aliphatic carbocycles. The Kier molecular flexibility index (Phi) is 7.48. The van der Waals surface area contributed by atoms with Gasteiger partial charge in [0.1, 0.15) is 5.82 Å². The van der Waals surface area contributed by atoms with E-state index in [0.29, 0.717) is 29.3 Å². The van der Waals surface area contributed by atoms with Crippen molar-refractivity contribution in [2.24, 2.45) is 17.6 Å². The lowest BCUT2D eigenvalue weighted by Crippen LogP contribution is -2.48. The minimum absolute atomic E-state index is 0.0847. The summed E-state index contributed by atoms with van der Waals surface area (Å²) in [6.45, 7) is 9.06. The number of rotatable bonds is 4. The van der Waals surface area contributed by atoms with E-state index in [1.54, 1.807) is 13.0 Å². The van der Waals surface area contributed by atoms with E-state index in [-0.39, 0.29) is 5.91 Å². The van der Waals surface area contributed by atoms with Gasteiger partial charge in [-0.15, -0.1) is 0 Å². The molecule has 1 saturated heterocycles.